The van der Waals surface area contributed by atoms with E-state index in [4.69, 9.17) is 0 Å². The van der Waals surface area contributed by atoms with Gasteiger partial charge in [-0.2, -0.15) is 0 Å². The lowest BCUT2D eigenvalue weighted by atomic mass is 10.1. The Morgan fingerprint density at radius 3 is 2.76 bits per heavy atom. The Kier molecular flexibility index (Phi) is 4.18. The number of hydrogen-bond donors (Lipinski definition) is 1. The fourth-order valence-electron chi connectivity index (χ4n) is 2.05. The first-order valence-electron chi connectivity index (χ1n) is 5.96. The van der Waals surface area contributed by atoms with Gasteiger partial charge in [-0.15, -0.1) is 0 Å². The molecule has 1 atom stereocenters. The molecule has 1 amide bonds. The lowest BCUT2D eigenvalue weighted by molar-refractivity contribution is -0.119. The molecule has 3 nitrogen and oxygen atoms in total. The van der Waals surface area contributed by atoms with Crippen molar-refractivity contribution in [2.45, 2.75) is 25.8 Å². The minimum atomic E-state index is 0.201. The molecule has 1 N–H and O–H groups in total. The van der Waals surface area contributed by atoms with E-state index >= 15 is 0 Å². The van der Waals surface area contributed by atoms with E-state index in [9.17, 15) is 4.79 Å². The van der Waals surface area contributed by atoms with Gasteiger partial charge < -0.3 is 10.2 Å². The molecule has 0 radical (unpaired) electrons. The molecular formula is C13H17BrN2O. The molecule has 0 saturated carbocycles. The number of halogens is 1. The highest BCUT2D eigenvalue weighted by Crippen LogP contribution is 2.20. The van der Waals surface area contributed by atoms with E-state index in [1.165, 1.54) is 0 Å². The zero-order valence-electron chi connectivity index (χ0n) is 9.95. The van der Waals surface area contributed by atoms with E-state index in [0.29, 0.717) is 6.42 Å². The molecule has 0 aromatic heterocycles. The number of amides is 1. The Morgan fingerprint density at radius 1 is 1.35 bits per heavy atom. The molecule has 0 spiro atoms. The normalized spacial score (nSPS) is 22.1. The molecule has 17 heavy (non-hydrogen) atoms. The van der Waals surface area contributed by atoms with Gasteiger partial charge in [0.2, 0.25) is 5.91 Å². The summed E-state index contributed by atoms with van der Waals surface area (Å²) in [7, 11) is 0. The number of nitrogens with zero attached hydrogens (tertiary/aromatic N) is 1. The van der Waals surface area contributed by atoms with Crippen LogP contribution in [-0.2, 0) is 4.79 Å². The van der Waals surface area contributed by atoms with Crippen molar-refractivity contribution >= 4 is 27.5 Å². The molecule has 1 aliphatic rings. The van der Waals surface area contributed by atoms with E-state index in [-0.39, 0.29) is 11.9 Å². The average molecular weight is 297 g/mol. The number of carbonyl (C=O) groups is 1. The van der Waals surface area contributed by atoms with Gasteiger partial charge in [0.25, 0.3) is 0 Å². The van der Waals surface area contributed by atoms with Crippen molar-refractivity contribution < 1.29 is 4.79 Å². The monoisotopic (exact) mass is 296 g/mol. The number of carbonyl (C=O) groups excluding carboxylic acids is 1. The van der Waals surface area contributed by atoms with Crippen LogP contribution in [0.1, 0.15) is 19.8 Å². The number of benzene rings is 1. The molecule has 92 valence electrons. The van der Waals surface area contributed by atoms with Crippen LogP contribution in [0.5, 0.6) is 0 Å². The number of hydrogen-bond acceptors (Lipinski definition) is 2. The van der Waals surface area contributed by atoms with Gasteiger partial charge >= 0.3 is 0 Å². The Morgan fingerprint density at radius 2 is 2.06 bits per heavy atom. The highest BCUT2D eigenvalue weighted by atomic mass is 79.9. The van der Waals surface area contributed by atoms with Crippen LogP contribution in [0, 0.1) is 0 Å². The van der Waals surface area contributed by atoms with Crippen LogP contribution in [0.2, 0.25) is 0 Å². The fraction of sp³-hybridized carbons (Fsp3) is 0.462. The molecule has 1 aliphatic heterocycles. The van der Waals surface area contributed by atoms with Gasteiger partial charge in [-0.05, 0) is 44.2 Å². The van der Waals surface area contributed by atoms with Crippen LogP contribution >= 0.6 is 15.9 Å². The molecule has 1 aromatic rings. The maximum absolute atomic E-state index is 12.1. The molecule has 1 aromatic carbocycles. The summed E-state index contributed by atoms with van der Waals surface area (Å²) in [4.78, 5) is 14.0. The smallest absolute Gasteiger partial charge is 0.228 e. The van der Waals surface area contributed by atoms with E-state index in [0.717, 1.165) is 29.7 Å². The quantitative estimate of drug-likeness (QED) is 0.864. The van der Waals surface area contributed by atoms with Crippen molar-refractivity contribution in [3.05, 3.63) is 28.7 Å². The highest BCUT2D eigenvalue weighted by molar-refractivity contribution is 9.10. The van der Waals surface area contributed by atoms with Crippen LogP contribution in [0.15, 0.2) is 28.7 Å². The summed E-state index contributed by atoms with van der Waals surface area (Å²) in [5, 5.41) is 3.34. The molecule has 1 unspecified atom stereocenters. The topological polar surface area (TPSA) is 32.3 Å². The summed E-state index contributed by atoms with van der Waals surface area (Å²) in [5.74, 6) is 0.201. The van der Waals surface area contributed by atoms with E-state index in [1.807, 2.05) is 29.2 Å². The SMILES string of the molecule is CC1CC(=O)N(c2ccc(Br)cc2)CCCN1. The molecule has 1 fully saturated rings. The average Bonchev–Trinajstić information content (AvgIpc) is 2.28. The number of anilines is 1. The van der Waals surface area contributed by atoms with Crippen LogP contribution in [-0.4, -0.2) is 25.0 Å². The van der Waals surface area contributed by atoms with Crippen molar-refractivity contribution in [3.8, 4) is 0 Å². The van der Waals surface area contributed by atoms with Gasteiger partial charge in [-0.1, -0.05) is 15.9 Å². The van der Waals surface area contributed by atoms with Gasteiger partial charge in [-0.3, -0.25) is 4.79 Å². The molecule has 0 aliphatic carbocycles. The van der Waals surface area contributed by atoms with Gasteiger partial charge in [0.1, 0.15) is 0 Å². The molecule has 4 heteroatoms. The molecule has 1 heterocycles. The van der Waals surface area contributed by atoms with Crippen molar-refractivity contribution in [1.29, 1.82) is 0 Å². The summed E-state index contributed by atoms with van der Waals surface area (Å²) in [6.07, 6.45) is 1.56. The van der Waals surface area contributed by atoms with Gasteiger partial charge in [0, 0.05) is 29.2 Å². The second-order valence-corrected chi connectivity index (χ2v) is 5.35. The minimum Gasteiger partial charge on any atom is -0.314 e. The Hall–Kier alpha value is -0.870. The van der Waals surface area contributed by atoms with Gasteiger partial charge in [0.15, 0.2) is 0 Å². The number of nitrogens with one attached hydrogen (secondary N) is 1. The van der Waals surface area contributed by atoms with Crippen LogP contribution in [0.3, 0.4) is 0 Å². The second kappa shape index (κ2) is 5.65. The predicted octanol–water partition coefficient (Wildman–Crippen LogP) is 2.55. The number of rotatable bonds is 1. The summed E-state index contributed by atoms with van der Waals surface area (Å²) >= 11 is 3.41. The lowest BCUT2D eigenvalue weighted by Gasteiger charge is -2.27. The van der Waals surface area contributed by atoms with Crippen molar-refractivity contribution in [2.24, 2.45) is 0 Å². The van der Waals surface area contributed by atoms with Crippen molar-refractivity contribution in [2.75, 3.05) is 18.0 Å². The maximum atomic E-state index is 12.1. The fourth-order valence-corrected chi connectivity index (χ4v) is 2.31. The second-order valence-electron chi connectivity index (χ2n) is 4.43. The Labute approximate surface area is 110 Å². The summed E-state index contributed by atoms with van der Waals surface area (Å²) in [6.45, 7) is 3.82. The maximum Gasteiger partial charge on any atom is 0.228 e. The van der Waals surface area contributed by atoms with E-state index in [2.05, 4.69) is 28.2 Å². The standard InChI is InChI=1S/C13H17BrN2O/c1-10-9-13(17)16(8-2-7-15-10)12-5-3-11(14)4-6-12/h3-6,10,15H,2,7-9H2,1H3. The predicted molar refractivity (Wildman–Crippen MR) is 73.2 cm³/mol. The zero-order chi connectivity index (χ0) is 12.3. The molecule has 2 rings (SSSR count). The zero-order valence-corrected chi connectivity index (χ0v) is 11.5. The Bertz CT molecular complexity index is 391. The Balaban J connectivity index is 2.16. The highest BCUT2D eigenvalue weighted by Gasteiger charge is 2.20. The minimum absolute atomic E-state index is 0.201. The summed E-state index contributed by atoms with van der Waals surface area (Å²) < 4.78 is 1.04. The molecule has 1 saturated heterocycles. The van der Waals surface area contributed by atoms with E-state index in [1.54, 1.807) is 0 Å². The third kappa shape index (κ3) is 3.30. The summed E-state index contributed by atoms with van der Waals surface area (Å²) in [5.41, 5.74) is 0.993. The van der Waals surface area contributed by atoms with Crippen LogP contribution < -0.4 is 10.2 Å². The first-order chi connectivity index (χ1) is 8.16. The van der Waals surface area contributed by atoms with Crippen LogP contribution in [0.4, 0.5) is 5.69 Å². The first-order valence-corrected chi connectivity index (χ1v) is 6.75. The third-order valence-electron chi connectivity index (χ3n) is 2.97. The van der Waals surface area contributed by atoms with E-state index < -0.39 is 0 Å². The largest absolute Gasteiger partial charge is 0.314 e. The first kappa shape index (κ1) is 12.6. The van der Waals surface area contributed by atoms with Gasteiger partial charge in [0.05, 0.1) is 0 Å². The molecular weight excluding hydrogens is 280 g/mol. The van der Waals surface area contributed by atoms with Crippen molar-refractivity contribution in [1.82, 2.24) is 5.32 Å². The lowest BCUT2D eigenvalue weighted by Crippen LogP contribution is -2.42. The summed E-state index contributed by atoms with van der Waals surface area (Å²) in [6, 6.07) is 8.19. The molecule has 0 bridgehead atoms. The van der Waals surface area contributed by atoms with Gasteiger partial charge in [-0.25, -0.2) is 0 Å². The van der Waals surface area contributed by atoms with Crippen molar-refractivity contribution in [3.63, 3.8) is 0 Å². The third-order valence-corrected chi connectivity index (χ3v) is 3.50. The van der Waals surface area contributed by atoms with Crippen LogP contribution in [0.25, 0.3) is 0 Å².